The van der Waals surface area contributed by atoms with Gasteiger partial charge in [-0.1, -0.05) is 18.2 Å². The molecule has 0 aromatic heterocycles. The van der Waals surface area contributed by atoms with Gasteiger partial charge in [0, 0.05) is 31.9 Å². The number of benzene rings is 1. The molecule has 1 heterocycles. The highest BCUT2D eigenvalue weighted by atomic mass is 127. The van der Waals surface area contributed by atoms with Crippen molar-refractivity contribution < 1.29 is 4.74 Å². The number of aliphatic imine (C=N–C) groups is 1. The van der Waals surface area contributed by atoms with Gasteiger partial charge in [-0.15, -0.1) is 24.0 Å². The number of hydrogen-bond acceptors (Lipinski definition) is 3. The van der Waals surface area contributed by atoms with Crippen molar-refractivity contribution in [2.24, 2.45) is 10.9 Å². The molecular weight excluding hydrogens is 415 g/mol. The van der Waals surface area contributed by atoms with Gasteiger partial charge in [0.05, 0.1) is 19.8 Å². The molecular formula is C18H29IN4O. The van der Waals surface area contributed by atoms with Crippen LogP contribution >= 0.6 is 24.0 Å². The lowest BCUT2D eigenvalue weighted by Crippen LogP contribution is -2.38. The van der Waals surface area contributed by atoms with Gasteiger partial charge in [0.15, 0.2) is 5.96 Å². The minimum atomic E-state index is 0. The first-order valence-electron chi connectivity index (χ1n) is 8.79. The van der Waals surface area contributed by atoms with Gasteiger partial charge in [-0.05, 0) is 37.3 Å². The normalized spacial score (nSPS) is 18.0. The lowest BCUT2D eigenvalue weighted by atomic mass is 10.1. The van der Waals surface area contributed by atoms with Crippen LogP contribution in [0.15, 0.2) is 29.3 Å². The number of hydrogen-bond donors (Lipinski definition) is 2. The summed E-state index contributed by atoms with van der Waals surface area (Å²) in [5, 5.41) is 6.80. The highest BCUT2D eigenvalue weighted by Gasteiger charge is 2.21. The molecule has 0 amide bonds. The van der Waals surface area contributed by atoms with Crippen LogP contribution in [0.25, 0.3) is 0 Å². The second-order valence-electron chi connectivity index (χ2n) is 6.25. The van der Waals surface area contributed by atoms with Gasteiger partial charge in [0.25, 0.3) is 0 Å². The molecule has 1 saturated carbocycles. The van der Waals surface area contributed by atoms with Crippen LogP contribution in [0, 0.1) is 5.92 Å². The Labute approximate surface area is 162 Å². The van der Waals surface area contributed by atoms with E-state index in [-0.39, 0.29) is 24.0 Å². The Balaban J connectivity index is 0.00000208. The number of nitrogens with zero attached hydrogens (tertiary/aromatic N) is 2. The minimum Gasteiger partial charge on any atom is -0.378 e. The van der Waals surface area contributed by atoms with Crippen LogP contribution in [-0.4, -0.2) is 45.4 Å². The molecule has 1 aromatic carbocycles. The zero-order valence-electron chi connectivity index (χ0n) is 14.5. The number of para-hydroxylation sites is 1. The van der Waals surface area contributed by atoms with E-state index in [4.69, 9.17) is 9.73 Å². The van der Waals surface area contributed by atoms with Crippen LogP contribution in [-0.2, 0) is 11.3 Å². The van der Waals surface area contributed by atoms with Gasteiger partial charge in [-0.2, -0.15) is 0 Å². The van der Waals surface area contributed by atoms with Crippen molar-refractivity contribution in [1.29, 1.82) is 0 Å². The third-order valence-corrected chi connectivity index (χ3v) is 4.35. The van der Waals surface area contributed by atoms with Crippen molar-refractivity contribution in [2.75, 3.05) is 44.3 Å². The summed E-state index contributed by atoms with van der Waals surface area (Å²) in [6, 6.07) is 8.58. The van der Waals surface area contributed by atoms with Crippen molar-refractivity contribution in [3.63, 3.8) is 0 Å². The number of rotatable bonds is 6. The van der Waals surface area contributed by atoms with Crippen LogP contribution in [0.4, 0.5) is 5.69 Å². The third-order valence-electron chi connectivity index (χ3n) is 4.35. The molecule has 6 heteroatoms. The van der Waals surface area contributed by atoms with Crippen molar-refractivity contribution in [3.8, 4) is 0 Å². The van der Waals surface area contributed by atoms with Crippen LogP contribution in [0.2, 0.25) is 0 Å². The maximum atomic E-state index is 5.46. The van der Waals surface area contributed by atoms with Crippen molar-refractivity contribution in [1.82, 2.24) is 10.6 Å². The first kappa shape index (κ1) is 19.3. The van der Waals surface area contributed by atoms with Crippen LogP contribution < -0.4 is 15.5 Å². The maximum Gasteiger partial charge on any atom is 0.191 e. The topological polar surface area (TPSA) is 48.9 Å². The van der Waals surface area contributed by atoms with Gasteiger partial charge in [-0.3, -0.25) is 0 Å². The molecule has 2 N–H and O–H groups in total. The summed E-state index contributed by atoms with van der Waals surface area (Å²) in [5.74, 6) is 1.77. The zero-order valence-corrected chi connectivity index (χ0v) is 16.8. The standard InChI is InChI=1S/C18H28N4O.HI/c1-2-19-18(20-13-15-7-8-15)21-14-16-5-3-4-6-17(16)22-9-11-23-12-10-22;/h3-6,15H,2,7-14H2,1H3,(H2,19,20,21);1H. The molecule has 0 unspecified atom stereocenters. The molecule has 0 bridgehead atoms. The van der Waals surface area contributed by atoms with Gasteiger partial charge in [-0.25, -0.2) is 4.99 Å². The predicted octanol–water partition coefficient (Wildman–Crippen LogP) is 2.61. The highest BCUT2D eigenvalue weighted by Crippen LogP contribution is 2.27. The minimum absolute atomic E-state index is 0. The van der Waals surface area contributed by atoms with E-state index < -0.39 is 0 Å². The van der Waals surface area contributed by atoms with Gasteiger partial charge < -0.3 is 20.3 Å². The van der Waals surface area contributed by atoms with E-state index in [1.165, 1.54) is 24.1 Å². The predicted molar refractivity (Wildman–Crippen MR) is 110 cm³/mol. The van der Waals surface area contributed by atoms with Crippen LogP contribution in [0.3, 0.4) is 0 Å². The van der Waals surface area contributed by atoms with E-state index in [0.29, 0.717) is 6.54 Å². The van der Waals surface area contributed by atoms with Gasteiger partial charge >= 0.3 is 0 Å². The summed E-state index contributed by atoms with van der Waals surface area (Å²) < 4.78 is 5.46. The van der Waals surface area contributed by atoms with Crippen molar-refractivity contribution >= 4 is 35.6 Å². The third kappa shape index (κ3) is 5.81. The summed E-state index contributed by atoms with van der Waals surface area (Å²) in [6.45, 7) is 8.27. The summed E-state index contributed by atoms with van der Waals surface area (Å²) in [7, 11) is 0. The van der Waals surface area contributed by atoms with Crippen molar-refractivity contribution in [2.45, 2.75) is 26.3 Å². The molecule has 3 rings (SSSR count). The van der Waals surface area contributed by atoms with E-state index in [9.17, 15) is 0 Å². The second-order valence-corrected chi connectivity index (χ2v) is 6.25. The lowest BCUT2D eigenvalue weighted by Gasteiger charge is -2.30. The van der Waals surface area contributed by atoms with Crippen LogP contribution in [0.5, 0.6) is 0 Å². The zero-order chi connectivity index (χ0) is 15.9. The molecule has 0 radical (unpaired) electrons. The SMILES string of the molecule is CCNC(=NCc1ccccc1N1CCOCC1)NCC1CC1.I. The first-order chi connectivity index (χ1) is 11.4. The Hall–Kier alpha value is -1.02. The quantitative estimate of drug-likeness (QED) is 0.403. The Kier molecular flexibility index (Phi) is 8.11. The summed E-state index contributed by atoms with van der Waals surface area (Å²) in [6.07, 6.45) is 2.71. The molecule has 134 valence electrons. The fourth-order valence-corrected chi connectivity index (χ4v) is 2.83. The first-order valence-corrected chi connectivity index (χ1v) is 8.79. The molecule has 2 aliphatic rings. The van der Waals surface area contributed by atoms with E-state index in [1.807, 2.05) is 0 Å². The van der Waals surface area contributed by atoms with E-state index in [0.717, 1.165) is 51.3 Å². The fourth-order valence-electron chi connectivity index (χ4n) is 2.83. The number of guanidine groups is 1. The van der Waals surface area contributed by atoms with Crippen molar-refractivity contribution in [3.05, 3.63) is 29.8 Å². The van der Waals surface area contributed by atoms with E-state index in [2.05, 4.69) is 46.7 Å². The molecule has 0 atom stereocenters. The maximum absolute atomic E-state index is 5.46. The molecule has 1 saturated heterocycles. The molecule has 2 fully saturated rings. The molecule has 24 heavy (non-hydrogen) atoms. The molecule has 1 aliphatic carbocycles. The molecule has 1 aromatic rings. The monoisotopic (exact) mass is 444 g/mol. The summed E-state index contributed by atoms with van der Waals surface area (Å²) >= 11 is 0. The Morgan fingerprint density at radius 1 is 1.21 bits per heavy atom. The number of nitrogens with one attached hydrogen (secondary N) is 2. The Morgan fingerprint density at radius 3 is 2.67 bits per heavy atom. The number of anilines is 1. The summed E-state index contributed by atoms with van der Waals surface area (Å²) in [4.78, 5) is 7.18. The summed E-state index contributed by atoms with van der Waals surface area (Å²) in [5.41, 5.74) is 2.57. The van der Waals surface area contributed by atoms with Crippen LogP contribution in [0.1, 0.15) is 25.3 Å². The van der Waals surface area contributed by atoms with E-state index >= 15 is 0 Å². The number of halogens is 1. The number of ether oxygens (including phenoxy) is 1. The molecule has 0 spiro atoms. The van der Waals surface area contributed by atoms with Gasteiger partial charge in [0.1, 0.15) is 0 Å². The Morgan fingerprint density at radius 2 is 1.96 bits per heavy atom. The highest BCUT2D eigenvalue weighted by molar-refractivity contribution is 14.0. The molecule has 1 aliphatic heterocycles. The fraction of sp³-hybridized carbons (Fsp3) is 0.611. The second kappa shape index (κ2) is 10.1. The smallest absolute Gasteiger partial charge is 0.191 e. The van der Waals surface area contributed by atoms with E-state index in [1.54, 1.807) is 0 Å². The average Bonchev–Trinajstić information content (AvgIpc) is 3.43. The Bertz CT molecular complexity index is 528. The van der Waals surface area contributed by atoms with Gasteiger partial charge in [0.2, 0.25) is 0 Å². The lowest BCUT2D eigenvalue weighted by molar-refractivity contribution is 0.122. The molecule has 5 nitrogen and oxygen atoms in total. The number of morpholine rings is 1. The average molecular weight is 444 g/mol. The largest absolute Gasteiger partial charge is 0.378 e.